The van der Waals surface area contributed by atoms with E-state index in [4.69, 9.17) is 6.42 Å². The fourth-order valence-electron chi connectivity index (χ4n) is 1.62. The first-order valence-corrected chi connectivity index (χ1v) is 13.1. The summed E-state index contributed by atoms with van der Waals surface area (Å²) in [6.45, 7) is 12.9. The Morgan fingerprint density at radius 2 is 1.37 bits per heavy atom. The third-order valence-corrected chi connectivity index (χ3v) is 8.96. The van der Waals surface area contributed by atoms with Crippen LogP contribution in [0.25, 0.3) is 0 Å². The molecule has 0 aliphatic heterocycles. The molecule has 0 aliphatic rings. The van der Waals surface area contributed by atoms with Gasteiger partial charge in [0.05, 0.1) is 0 Å². The topological polar surface area (TPSA) is 20.2 Å². The Balaban J connectivity index is 5.43. The summed E-state index contributed by atoms with van der Waals surface area (Å²) >= 11 is 0. The summed E-state index contributed by atoms with van der Waals surface area (Å²) in [4.78, 5) is 0. The predicted octanol–water partition coefficient (Wildman–Crippen LogP) is 3.28. The highest BCUT2D eigenvalue weighted by atomic mass is 28.3. The highest BCUT2D eigenvalue weighted by molar-refractivity contribution is 6.87. The van der Waals surface area contributed by atoms with Crippen molar-refractivity contribution in [2.45, 2.75) is 64.1 Å². The molecule has 3 heteroatoms. The van der Waals surface area contributed by atoms with Crippen molar-refractivity contribution in [1.29, 1.82) is 0 Å². The smallest absolute Gasteiger partial charge is 0.250 e. The molecule has 0 fully saturated rings. The molecule has 0 aliphatic carbocycles. The number of hydrogen-bond donors (Lipinski definition) is 1. The molecule has 0 amide bonds. The van der Waals surface area contributed by atoms with E-state index in [9.17, 15) is 5.11 Å². The van der Waals surface area contributed by atoms with Crippen molar-refractivity contribution in [2.75, 3.05) is 0 Å². The minimum Gasteiger partial charge on any atom is -0.357 e. The van der Waals surface area contributed by atoms with Gasteiger partial charge in [0.2, 0.25) is 5.60 Å². The molecule has 19 heavy (non-hydrogen) atoms. The fourth-order valence-corrected chi connectivity index (χ4v) is 4.65. The molecule has 0 spiro atoms. The summed E-state index contributed by atoms with van der Waals surface area (Å²) in [7, 11) is -3.15. The van der Waals surface area contributed by atoms with Crippen LogP contribution in [0.2, 0.25) is 37.8 Å². The lowest BCUT2D eigenvalue weighted by Crippen LogP contribution is -2.32. The highest BCUT2D eigenvalue weighted by Crippen LogP contribution is 2.19. The SMILES string of the molecule is C#CC(O)(C#C[Si](C)(C)C)C#C[Si](CC)(CC)CC. The molecule has 0 aromatic carbocycles. The van der Waals surface area contributed by atoms with Gasteiger partial charge in [-0.2, -0.15) is 0 Å². The molecule has 0 aromatic rings. The van der Waals surface area contributed by atoms with Crippen LogP contribution in [0.4, 0.5) is 0 Å². The van der Waals surface area contributed by atoms with Gasteiger partial charge >= 0.3 is 0 Å². The van der Waals surface area contributed by atoms with E-state index in [1.807, 2.05) is 0 Å². The van der Waals surface area contributed by atoms with Crippen LogP contribution in [-0.4, -0.2) is 26.9 Å². The first-order chi connectivity index (χ1) is 8.66. The van der Waals surface area contributed by atoms with Crippen molar-refractivity contribution in [3.8, 4) is 35.3 Å². The zero-order chi connectivity index (χ0) is 15.2. The normalized spacial score (nSPS) is 14.2. The van der Waals surface area contributed by atoms with Gasteiger partial charge in [0.15, 0.2) is 0 Å². The van der Waals surface area contributed by atoms with Crippen LogP contribution >= 0.6 is 0 Å². The minimum absolute atomic E-state index is 1.09. The second kappa shape index (κ2) is 7.02. The molecule has 0 rings (SSSR count). The number of rotatable bonds is 3. The van der Waals surface area contributed by atoms with E-state index >= 15 is 0 Å². The second-order valence-electron chi connectivity index (χ2n) is 5.95. The average Bonchev–Trinajstić information content (AvgIpc) is 2.38. The van der Waals surface area contributed by atoms with E-state index in [1.54, 1.807) is 0 Å². The van der Waals surface area contributed by atoms with Crippen LogP contribution in [0.5, 0.6) is 0 Å². The van der Waals surface area contributed by atoms with Crippen LogP contribution in [0.1, 0.15) is 20.8 Å². The molecule has 1 atom stereocenters. The van der Waals surface area contributed by atoms with E-state index in [0.717, 1.165) is 18.1 Å². The van der Waals surface area contributed by atoms with Gasteiger partial charge in [-0.1, -0.05) is 40.4 Å². The van der Waals surface area contributed by atoms with Crippen LogP contribution in [0.3, 0.4) is 0 Å². The van der Waals surface area contributed by atoms with Gasteiger partial charge in [-0.15, -0.1) is 17.5 Å². The van der Waals surface area contributed by atoms with Gasteiger partial charge in [0.25, 0.3) is 0 Å². The van der Waals surface area contributed by atoms with Gasteiger partial charge in [-0.05, 0) is 35.9 Å². The third-order valence-electron chi connectivity index (χ3n) is 3.37. The fraction of sp³-hybridized carbons (Fsp3) is 0.625. The Labute approximate surface area is 121 Å². The molecule has 0 heterocycles. The van der Waals surface area contributed by atoms with Crippen LogP contribution in [0, 0.1) is 35.3 Å². The lowest BCUT2D eigenvalue weighted by atomic mass is 10.1. The average molecular weight is 291 g/mol. The maximum absolute atomic E-state index is 10.3. The van der Waals surface area contributed by atoms with Crippen LogP contribution in [-0.2, 0) is 0 Å². The number of terminal acetylenes is 1. The molecular formula is C16H26OSi2. The van der Waals surface area contributed by atoms with Crippen molar-refractivity contribution in [1.82, 2.24) is 0 Å². The molecule has 1 unspecified atom stereocenters. The molecule has 0 bridgehead atoms. The number of hydrogen-bond acceptors (Lipinski definition) is 1. The zero-order valence-corrected chi connectivity index (χ0v) is 15.1. The van der Waals surface area contributed by atoms with Crippen molar-refractivity contribution < 1.29 is 5.11 Å². The summed E-state index contributed by atoms with van der Waals surface area (Å²) < 4.78 is 0. The zero-order valence-electron chi connectivity index (χ0n) is 13.1. The van der Waals surface area contributed by atoms with E-state index in [0.29, 0.717) is 0 Å². The van der Waals surface area contributed by atoms with Gasteiger partial charge in [0.1, 0.15) is 16.1 Å². The first kappa shape index (κ1) is 18.1. The summed E-state index contributed by atoms with van der Waals surface area (Å²) in [5.74, 6) is 8.05. The molecule has 1 nitrogen and oxygen atoms in total. The standard InChI is InChI=1S/C16H26OSi2/c1-8-16(17,12-14-18(5,6)7)13-15-19(9-2,10-3)11-4/h1,17H,9-11H2,2-7H3. The molecule has 0 saturated carbocycles. The van der Waals surface area contributed by atoms with E-state index in [1.165, 1.54) is 0 Å². The lowest BCUT2D eigenvalue weighted by molar-refractivity contribution is 0.225. The summed E-state index contributed by atoms with van der Waals surface area (Å²) in [5.41, 5.74) is 4.86. The quantitative estimate of drug-likeness (QED) is 0.625. The van der Waals surface area contributed by atoms with Crippen molar-refractivity contribution in [3.63, 3.8) is 0 Å². The Bertz CT molecular complexity index is 447. The van der Waals surface area contributed by atoms with Gasteiger partial charge in [-0.25, -0.2) is 0 Å². The predicted molar refractivity (Wildman–Crippen MR) is 89.9 cm³/mol. The molecule has 0 radical (unpaired) electrons. The van der Waals surface area contributed by atoms with Gasteiger partial charge in [-0.3, -0.25) is 0 Å². The van der Waals surface area contributed by atoms with Gasteiger partial charge in [0, 0.05) is 0 Å². The Morgan fingerprint density at radius 3 is 1.68 bits per heavy atom. The van der Waals surface area contributed by atoms with E-state index in [-0.39, 0.29) is 0 Å². The van der Waals surface area contributed by atoms with Crippen LogP contribution < -0.4 is 0 Å². The Kier molecular flexibility index (Phi) is 6.67. The first-order valence-electron chi connectivity index (χ1n) is 6.94. The largest absolute Gasteiger partial charge is 0.357 e. The van der Waals surface area contributed by atoms with E-state index < -0.39 is 21.7 Å². The monoisotopic (exact) mass is 290 g/mol. The van der Waals surface area contributed by atoms with Crippen molar-refractivity contribution in [2.24, 2.45) is 0 Å². The van der Waals surface area contributed by atoms with Gasteiger partial charge < -0.3 is 5.11 Å². The Morgan fingerprint density at radius 1 is 0.947 bits per heavy atom. The maximum Gasteiger partial charge on any atom is 0.250 e. The highest BCUT2D eigenvalue weighted by Gasteiger charge is 2.26. The summed E-state index contributed by atoms with van der Waals surface area (Å²) in [5, 5.41) is 10.3. The number of aliphatic hydroxyl groups is 1. The molecule has 0 aromatic heterocycles. The molecule has 1 N–H and O–H groups in total. The van der Waals surface area contributed by atoms with Crippen molar-refractivity contribution in [3.05, 3.63) is 0 Å². The van der Waals surface area contributed by atoms with E-state index in [2.05, 4.69) is 69.3 Å². The lowest BCUT2D eigenvalue weighted by Gasteiger charge is -2.21. The van der Waals surface area contributed by atoms with Crippen LogP contribution in [0.15, 0.2) is 0 Å². The maximum atomic E-state index is 10.3. The molecule has 104 valence electrons. The second-order valence-corrected chi connectivity index (χ2v) is 15.6. The molecular weight excluding hydrogens is 264 g/mol. The van der Waals surface area contributed by atoms with Crippen molar-refractivity contribution >= 4 is 16.1 Å². The summed E-state index contributed by atoms with van der Waals surface area (Å²) in [6, 6.07) is 3.28. The molecule has 0 saturated heterocycles. The Hall–Kier alpha value is -0.926. The summed E-state index contributed by atoms with van der Waals surface area (Å²) in [6.07, 6.45) is 5.42. The third kappa shape index (κ3) is 6.17. The minimum atomic E-state index is -1.59.